The summed E-state index contributed by atoms with van der Waals surface area (Å²) in [7, 11) is -3.83. The van der Waals surface area contributed by atoms with Crippen LogP contribution in [0.25, 0.3) is 33.9 Å². The lowest BCUT2D eigenvalue weighted by molar-refractivity contribution is 0.577. The number of H-pyrrole nitrogens is 1. The van der Waals surface area contributed by atoms with Gasteiger partial charge in [0.2, 0.25) is 0 Å². The Labute approximate surface area is 171 Å². The summed E-state index contributed by atoms with van der Waals surface area (Å²) >= 11 is 0. The van der Waals surface area contributed by atoms with Crippen LogP contribution >= 0.6 is 0 Å². The van der Waals surface area contributed by atoms with Crippen LogP contribution in [0.4, 0.5) is 6.01 Å². The maximum absolute atomic E-state index is 12.5. The van der Waals surface area contributed by atoms with Crippen LogP contribution in [0.3, 0.4) is 0 Å². The minimum Gasteiger partial charge on any atom is -0.403 e. The Hall–Kier alpha value is -3.98. The second-order valence-electron chi connectivity index (χ2n) is 6.48. The molecule has 0 fully saturated rings. The van der Waals surface area contributed by atoms with Gasteiger partial charge in [0, 0.05) is 11.1 Å². The number of rotatable bonds is 5. The van der Waals surface area contributed by atoms with Crippen LogP contribution in [-0.4, -0.2) is 28.6 Å². The molecule has 9 heteroatoms. The topological polar surface area (TPSA) is 114 Å². The van der Waals surface area contributed by atoms with Crippen LogP contribution in [0, 0.1) is 0 Å². The van der Waals surface area contributed by atoms with Crippen LogP contribution in [0.2, 0.25) is 0 Å². The van der Waals surface area contributed by atoms with Crippen molar-refractivity contribution in [2.45, 2.75) is 4.90 Å². The van der Waals surface area contributed by atoms with Crippen molar-refractivity contribution in [1.29, 1.82) is 0 Å². The molecule has 8 nitrogen and oxygen atoms in total. The van der Waals surface area contributed by atoms with Crippen molar-refractivity contribution in [3.63, 3.8) is 0 Å². The molecule has 148 valence electrons. The van der Waals surface area contributed by atoms with E-state index in [0.717, 1.165) is 16.6 Å². The number of para-hydroxylation sites is 2. The standard InChI is InChI=1S/C21H15N5O3S/c27-30(28,14-8-2-1-3-9-14)26-21-25-24-20(29-21)16-11-5-4-10-15(16)19-22-17-12-6-7-13-18(17)23-19/h1-13H,(H,22,23)(H,25,26). The smallest absolute Gasteiger partial charge is 0.330 e. The molecule has 30 heavy (non-hydrogen) atoms. The molecule has 0 amide bonds. The summed E-state index contributed by atoms with van der Waals surface area (Å²) in [6, 6.07) is 22.9. The van der Waals surface area contributed by atoms with Gasteiger partial charge in [-0.25, -0.2) is 18.1 Å². The number of aromatic amines is 1. The Kier molecular flexibility index (Phi) is 4.29. The second-order valence-corrected chi connectivity index (χ2v) is 8.16. The molecule has 2 N–H and O–H groups in total. The zero-order valence-corrected chi connectivity index (χ0v) is 16.3. The first-order valence-corrected chi connectivity index (χ1v) is 10.5. The first-order valence-electron chi connectivity index (χ1n) is 9.06. The number of benzene rings is 3. The third kappa shape index (κ3) is 3.31. The normalized spacial score (nSPS) is 11.6. The molecule has 0 aliphatic carbocycles. The number of aromatic nitrogens is 4. The number of imidazole rings is 1. The largest absolute Gasteiger partial charge is 0.403 e. The van der Waals surface area contributed by atoms with Gasteiger partial charge in [-0.1, -0.05) is 53.6 Å². The summed E-state index contributed by atoms with van der Waals surface area (Å²) in [5.41, 5.74) is 3.14. The molecular formula is C21H15N5O3S. The maximum atomic E-state index is 12.5. The van der Waals surface area contributed by atoms with E-state index in [2.05, 4.69) is 24.9 Å². The molecule has 5 aromatic rings. The molecule has 0 aliphatic heterocycles. The average Bonchev–Trinajstić information content (AvgIpc) is 3.41. The van der Waals surface area contributed by atoms with E-state index < -0.39 is 10.0 Å². The number of sulfonamides is 1. The summed E-state index contributed by atoms with van der Waals surface area (Å²) in [5.74, 6) is 0.827. The van der Waals surface area contributed by atoms with Crippen LogP contribution < -0.4 is 4.72 Å². The lowest BCUT2D eigenvalue weighted by Crippen LogP contribution is -2.12. The molecule has 5 rings (SSSR count). The molecule has 3 aromatic carbocycles. The number of nitrogens with zero attached hydrogens (tertiary/aromatic N) is 3. The highest BCUT2D eigenvalue weighted by atomic mass is 32.2. The SMILES string of the molecule is O=S(=O)(Nc1nnc(-c2ccccc2-c2nc3ccccc3[nH]2)o1)c1ccccc1. The molecule has 2 aromatic heterocycles. The van der Waals surface area contributed by atoms with Crippen molar-refractivity contribution in [3.05, 3.63) is 78.9 Å². The van der Waals surface area contributed by atoms with Crippen molar-refractivity contribution in [2.24, 2.45) is 0 Å². The van der Waals surface area contributed by atoms with Crippen LogP contribution in [0.15, 0.2) is 88.2 Å². The molecule has 0 radical (unpaired) electrons. The number of hydrogen-bond donors (Lipinski definition) is 2. The highest BCUT2D eigenvalue weighted by Gasteiger charge is 2.20. The predicted molar refractivity (Wildman–Crippen MR) is 112 cm³/mol. The first kappa shape index (κ1) is 18.1. The zero-order valence-electron chi connectivity index (χ0n) is 15.5. The van der Waals surface area contributed by atoms with Gasteiger partial charge < -0.3 is 9.40 Å². The summed E-state index contributed by atoms with van der Waals surface area (Å²) in [4.78, 5) is 8.00. The fourth-order valence-corrected chi connectivity index (χ4v) is 4.05. The van der Waals surface area contributed by atoms with Crippen LogP contribution in [0.1, 0.15) is 0 Å². The van der Waals surface area contributed by atoms with E-state index in [9.17, 15) is 8.42 Å². The van der Waals surface area contributed by atoms with Crippen LogP contribution in [0.5, 0.6) is 0 Å². The van der Waals surface area contributed by atoms with Gasteiger partial charge in [-0.05, 0) is 30.3 Å². The summed E-state index contributed by atoms with van der Waals surface area (Å²) in [6.45, 7) is 0. The maximum Gasteiger partial charge on any atom is 0.330 e. The minimum atomic E-state index is -3.83. The zero-order chi connectivity index (χ0) is 20.6. The van der Waals surface area contributed by atoms with Gasteiger partial charge in [-0.3, -0.25) is 0 Å². The first-order chi connectivity index (χ1) is 14.6. The number of hydrogen-bond acceptors (Lipinski definition) is 6. The Balaban J connectivity index is 1.50. The average molecular weight is 417 g/mol. The molecule has 0 spiro atoms. The van der Waals surface area contributed by atoms with E-state index in [0.29, 0.717) is 11.4 Å². The Morgan fingerprint density at radius 2 is 1.50 bits per heavy atom. The van der Waals surface area contributed by atoms with Gasteiger partial charge in [-0.15, -0.1) is 5.10 Å². The van der Waals surface area contributed by atoms with Gasteiger partial charge in [0.15, 0.2) is 0 Å². The van der Waals surface area contributed by atoms with Gasteiger partial charge in [0.1, 0.15) is 5.82 Å². The van der Waals surface area contributed by atoms with Crippen molar-refractivity contribution in [3.8, 4) is 22.8 Å². The van der Waals surface area contributed by atoms with Gasteiger partial charge in [-0.2, -0.15) is 0 Å². The number of anilines is 1. The second kappa shape index (κ2) is 7.12. The quantitative estimate of drug-likeness (QED) is 0.445. The molecule has 0 saturated heterocycles. The monoisotopic (exact) mass is 417 g/mol. The van der Waals surface area contributed by atoms with E-state index in [4.69, 9.17) is 4.42 Å². The summed E-state index contributed by atoms with van der Waals surface area (Å²) in [5, 5.41) is 7.86. The molecular weight excluding hydrogens is 402 g/mol. The van der Waals surface area contributed by atoms with E-state index in [1.807, 2.05) is 48.5 Å². The number of nitrogens with one attached hydrogen (secondary N) is 2. The molecule has 2 heterocycles. The van der Waals surface area contributed by atoms with E-state index in [1.54, 1.807) is 18.2 Å². The molecule has 0 bridgehead atoms. The fraction of sp³-hybridized carbons (Fsp3) is 0. The van der Waals surface area contributed by atoms with Gasteiger partial charge >= 0.3 is 6.01 Å². The third-order valence-corrected chi connectivity index (χ3v) is 5.84. The third-order valence-electron chi connectivity index (χ3n) is 4.50. The summed E-state index contributed by atoms with van der Waals surface area (Å²) in [6.07, 6.45) is 0. The summed E-state index contributed by atoms with van der Waals surface area (Å²) < 4.78 is 32.9. The highest BCUT2D eigenvalue weighted by molar-refractivity contribution is 7.92. The van der Waals surface area contributed by atoms with Gasteiger partial charge in [0.05, 0.1) is 15.9 Å². The molecule has 0 unspecified atom stereocenters. The van der Waals surface area contributed by atoms with Crippen molar-refractivity contribution < 1.29 is 12.8 Å². The van der Waals surface area contributed by atoms with Crippen LogP contribution in [-0.2, 0) is 10.0 Å². The molecule has 0 atom stereocenters. The van der Waals surface area contributed by atoms with Crippen molar-refractivity contribution >= 4 is 27.1 Å². The highest BCUT2D eigenvalue weighted by Crippen LogP contribution is 2.31. The Morgan fingerprint density at radius 3 is 2.30 bits per heavy atom. The minimum absolute atomic E-state index is 0.104. The lowest BCUT2D eigenvalue weighted by Gasteiger charge is -2.04. The van der Waals surface area contributed by atoms with E-state index in [-0.39, 0.29) is 16.8 Å². The molecule has 0 aliphatic rings. The Bertz CT molecular complexity index is 1410. The van der Waals surface area contributed by atoms with Crippen molar-refractivity contribution in [2.75, 3.05) is 4.72 Å². The molecule has 0 saturated carbocycles. The van der Waals surface area contributed by atoms with Gasteiger partial charge in [0.25, 0.3) is 15.9 Å². The van der Waals surface area contributed by atoms with Crippen molar-refractivity contribution in [1.82, 2.24) is 20.2 Å². The predicted octanol–water partition coefficient (Wildman–Crippen LogP) is 4.08. The fourth-order valence-electron chi connectivity index (χ4n) is 3.10. The van der Waals surface area contributed by atoms with E-state index >= 15 is 0 Å². The lowest BCUT2D eigenvalue weighted by atomic mass is 10.1. The number of fused-ring (bicyclic) bond motifs is 1. The van der Waals surface area contributed by atoms with E-state index in [1.165, 1.54) is 12.1 Å². The Morgan fingerprint density at radius 1 is 0.800 bits per heavy atom.